The minimum absolute atomic E-state index is 0.160. The van der Waals surface area contributed by atoms with Crippen molar-refractivity contribution in [2.75, 3.05) is 31.3 Å². The summed E-state index contributed by atoms with van der Waals surface area (Å²) >= 11 is 0. The summed E-state index contributed by atoms with van der Waals surface area (Å²) in [7, 11) is -0.309. The van der Waals surface area contributed by atoms with Crippen LogP contribution in [0.5, 0.6) is 11.5 Å². The van der Waals surface area contributed by atoms with Crippen molar-refractivity contribution < 1.29 is 22.7 Å². The Morgan fingerprint density at radius 2 is 1.84 bits per heavy atom. The molecule has 2 aromatic rings. The van der Waals surface area contributed by atoms with E-state index in [1.54, 1.807) is 32.4 Å². The topological polar surface area (TPSA) is 84.9 Å². The molecule has 0 saturated carbocycles. The number of aryl methyl sites for hydroxylation is 1. The fourth-order valence-electron chi connectivity index (χ4n) is 3.42. The molecule has 0 aromatic heterocycles. The van der Waals surface area contributed by atoms with Gasteiger partial charge in [0.15, 0.2) is 0 Å². The predicted octanol–water partition coefficient (Wildman–Crippen LogP) is 3.74. The van der Waals surface area contributed by atoms with E-state index in [0.717, 1.165) is 16.7 Å². The lowest BCUT2D eigenvalue weighted by Crippen LogP contribution is -2.33. The molecule has 2 rings (SSSR count). The third kappa shape index (κ3) is 6.37. The van der Waals surface area contributed by atoms with Crippen molar-refractivity contribution in [3.63, 3.8) is 0 Å². The van der Waals surface area contributed by atoms with Gasteiger partial charge in [-0.05, 0) is 62.6 Å². The van der Waals surface area contributed by atoms with E-state index in [9.17, 15) is 13.2 Å². The van der Waals surface area contributed by atoms with Crippen molar-refractivity contribution in [1.82, 2.24) is 5.32 Å². The third-order valence-electron chi connectivity index (χ3n) is 5.29. The lowest BCUT2D eigenvalue weighted by atomic mass is 10.1. The largest absolute Gasteiger partial charge is 0.497 e. The van der Waals surface area contributed by atoms with Gasteiger partial charge in [-0.25, -0.2) is 8.42 Å². The first kappa shape index (κ1) is 24.5. The minimum Gasteiger partial charge on any atom is -0.497 e. The smallest absolute Gasteiger partial charge is 0.232 e. The fourth-order valence-corrected chi connectivity index (χ4v) is 4.44. The first-order chi connectivity index (χ1) is 14.6. The average molecular weight is 449 g/mol. The van der Waals surface area contributed by atoms with Crippen LogP contribution in [0, 0.1) is 13.8 Å². The van der Waals surface area contributed by atoms with Gasteiger partial charge < -0.3 is 14.8 Å². The van der Waals surface area contributed by atoms with E-state index in [1.807, 2.05) is 39.0 Å². The molecular weight excluding hydrogens is 416 g/mol. The first-order valence-electron chi connectivity index (χ1n) is 10.1. The zero-order valence-corrected chi connectivity index (χ0v) is 19.9. The minimum atomic E-state index is -3.47. The number of ether oxygens (including phenoxy) is 2. The molecule has 0 radical (unpaired) electrons. The van der Waals surface area contributed by atoms with Crippen LogP contribution in [0.4, 0.5) is 5.69 Å². The van der Waals surface area contributed by atoms with Crippen molar-refractivity contribution in [2.24, 2.45) is 0 Å². The van der Waals surface area contributed by atoms with E-state index >= 15 is 0 Å². The zero-order valence-electron chi connectivity index (χ0n) is 19.1. The molecule has 2 aromatic carbocycles. The Morgan fingerprint density at radius 1 is 1.13 bits per heavy atom. The Kier molecular flexibility index (Phi) is 8.33. The van der Waals surface area contributed by atoms with Crippen LogP contribution in [0.15, 0.2) is 36.4 Å². The number of methoxy groups -OCH3 is 2. The number of anilines is 1. The molecule has 0 aliphatic heterocycles. The number of nitrogens with one attached hydrogen (secondary N) is 1. The Labute approximate surface area is 185 Å². The summed E-state index contributed by atoms with van der Waals surface area (Å²) in [6, 6.07) is 10.7. The van der Waals surface area contributed by atoms with Gasteiger partial charge in [0, 0.05) is 18.5 Å². The van der Waals surface area contributed by atoms with Crippen LogP contribution in [0.2, 0.25) is 0 Å². The maximum absolute atomic E-state index is 12.5. The molecule has 31 heavy (non-hydrogen) atoms. The SMILES string of the molecule is COc1ccc(OC)c([C@H](C)NC(=O)CCCN(c2cccc(C)c2C)S(C)(=O)=O)c1. The summed E-state index contributed by atoms with van der Waals surface area (Å²) in [6.07, 6.45) is 1.79. The number of benzene rings is 2. The van der Waals surface area contributed by atoms with E-state index in [4.69, 9.17) is 9.47 Å². The second kappa shape index (κ2) is 10.5. The first-order valence-corrected chi connectivity index (χ1v) is 12.0. The van der Waals surface area contributed by atoms with Gasteiger partial charge in [-0.3, -0.25) is 9.10 Å². The predicted molar refractivity (Wildman–Crippen MR) is 123 cm³/mol. The molecule has 7 nitrogen and oxygen atoms in total. The van der Waals surface area contributed by atoms with Crippen LogP contribution in [0.3, 0.4) is 0 Å². The maximum atomic E-state index is 12.5. The molecule has 0 heterocycles. The Hall–Kier alpha value is -2.74. The molecule has 170 valence electrons. The zero-order chi connectivity index (χ0) is 23.2. The van der Waals surface area contributed by atoms with Crippen molar-refractivity contribution in [1.29, 1.82) is 0 Å². The second-order valence-electron chi connectivity index (χ2n) is 7.55. The van der Waals surface area contributed by atoms with E-state index in [1.165, 1.54) is 10.6 Å². The molecule has 0 saturated heterocycles. The van der Waals surface area contributed by atoms with E-state index < -0.39 is 10.0 Å². The van der Waals surface area contributed by atoms with Crippen LogP contribution in [-0.4, -0.2) is 41.3 Å². The molecule has 0 bridgehead atoms. The summed E-state index contributed by atoms with van der Waals surface area (Å²) < 4.78 is 36.8. The average Bonchev–Trinajstić information content (AvgIpc) is 2.72. The van der Waals surface area contributed by atoms with Gasteiger partial charge in [-0.15, -0.1) is 0 Å². The van der Waals surface area contributed by atoms with Crippen LogP contribution in [0.25, 0.3) is 0 Å². The monoisotopic (exact) mass is 448 g/mol. The van der Waals surface area contributed by atoms with Gasteiger partial charge in [0.25, 0.3) is 0 Å². The molecule has 0 unspecified atom stereocenters. The van der Waals surface area contributed by atoms with Crippen molar-refractivity contribution in [3.05, 3.63) is 53.1 Å². The molecule has 1 atom stereocenters. The number of amides is 1. The number of nitrogens with zero attached hydrogens (tertiary/aromatic N) is 1. The van der Waals surface area contributed by atoms with Crippen molar-refractivity contribution in [3.8, 4) is 11.5 Å². The summed E-state index contributed by atoms with van der Waals surface area (Å²) in [5, 5.41) is 2.95. The van der Waals surface area contributed by atoms with E-state index in [0.29, 0.717) is 23.6 Å². The van der Waals surface area contributed by atoms with Gasteiger partial charge in [0.1, 0.15) is 11.5 Å². The number of hydrogen-bond donors (Lipinski definition) is 1. The summed E-state index contributed by atoms with van der Waals surface area (Å²) in [6.45, 7) is 5.95. The molecule has 1 N–H and O–H groups in total. The lowest BCUT2D eigenvalue weighted by molar-refractivity contribution is -0.121. The van der Waals surface area contributed by atoms with E-state index in [2.05, 4.69) is 5.32 Å². The highest BCUT2D eigenvalue weighted by Crippen LogP contribution is 2.29. The Morgan fingerprint density at radius 3 is 2.45 bits per heavy atom. The molecule has 0 aliphatic rings. The molecule has 0 fully saturated rings. The fraction of sp³-hybridized carbons (Fsp3) is 0.435. The second-order valence-corrected chi connectivity index (χ2v) is 9.46. The van der Waals surface area contributed by atoms with Gasteiger partial charge in [0.2, 0.25) is 15.9 Å². The Balaban J connectivity index is 2.04. The highest BCUT2D eigenvalue weighted by Gasteiger charge is 2.20. The lowest BCUT2D eigenvalue weighted by Gasteiger charge is -2.25. The summed E-state index contributed by atoms with van der Waals surface area (Å²) in [4.78, 5) is 12.5. The number of hydrogen-bond acceptors (Lipinski definition) is 5. The van der Waals surface area contributed by atoms with Crippen molar-refractivity contribution >= 4 is 21.6 Å². The van der Waals surface area contributed by atoms with Crippen LogP contribution in [-0.2, 0) is 14.8 Å². The molecule has 0 aliphatic carbocycles. The number of carbonyl (C=O) groups excluding carboxylic acids is 1. The van der Waals surface area contributed by atoms with Gasteiger partial charge in [-0.2, -0.15) is 0 Å². The quantitative estimate of drug-likeness (QED) is 0.598. The van der Waals surface area contributed by atoms with Crippen LogP contribution < -0.4 is 19.1 Å². The summed E-state index contributed by atoms with van der Waals surface area (Å²) in [5.41, 5.74) is 3.39. The highest BCUT2D eigenvalue weighted by atomic mass is 32.2. The normalized spacial score (nSPS) is 12.2. The molecule has 8 heteroatoms. The number of sulfonamides is 1. The number of rotatable bonds is 10. The molecule has 1 amide bonds. The highest BCUT2D eigenvalue weighted by molar-refractivity contribution is 7.92. The molecular formula is C23H32N2O5S. The maximum Gasteiger partial charge on any atom is 0.232 e. The van der Waals surface area contributed by atoms with Gasteiger partial charge in [0.05, 0.1) is 32.2 Å². The number of carbonyl (C=O) groups is 1. The summed E-state index contributed by atoms with van der Waals surface area (Å²) in [5.74, 6) is 1.17. The van der Waals surface area contributed by atoms with Gasteiger partial charge >= 0.3 is 0 Å². The van der Waals surface area contributed by atoms with E-state index in [-0.39, 0.29) is 24.9 Å². The van der Waals surface area contributed by atoms with Crippen molar-refractivity contribution in [2.45, 2.75) is 39.7 Å². The standard InChI is InChI=1S/C23H32N2O5S/c1-16-9-7-10-21(17(16)2)25(31(6,27)28)14-8-11-23(26)24-18(3)20-15-19(29-4)12-13-22(20)30-5/h7,9-10,12-13,15,18H,8,11,14H2,1-6H3,(H,24,26)/t18-/m0/s1. The third-order valence-corrected chi connectivity index (χ3v) is 6.47. The Bertz CT molecular complexity index is 1020. The van der Waals surface area contributed by atoms with Crippen LogP contribution in [0.1, 0.15) is 42.5 Å². The van der Waals surface area contributed by atoms with Gasteiger partial charge in [-0.1, -0.05) is 12.1 Å². The molecule has 0 spiro atoms. The van der Waals surface area contributed by atoms with Crippen LogP contribution >= 0.6 is 0 Å².